The molecule has 36 heavy (non-hydrogen) atoms. The number of hydrogen-bond donors (Lipinski definition) is 2. The minimum Gasteiger partial charge on any atom is -0.467 e. The lowest BCUT2D eigenvalue weighted by atomic mass is 9.95. The molecule has 4 amide bonds. The highest BCUT2D eigenvalue weighted by Gasteiger charge is 2.52. The summed E-state index contributed by atoms with van der Waals surface area (Å²) in [6.45, 7) is 0.0651. The summed E-state index contributed by atoms with van der Waals surface area (Å²) in [6, 6.07) is 16.7. The van der Waals surface area contributed by atoms with E-state index in [4.69, 9.17) is 14.2 Å². The zero-order valence-corrected chi connectivity index (χ0v) is 19.1. The average Bonchev–Trinajstić information content (AvgIpc) is 3.30. The van der Waals surface area contributed by atoms with Gasteiger partial charge >= 0.3 is 6.03 Å². The maximum absolute atomic E-state index is 12.5. The molecule has 0 spiro atoms. The lowest BCUT2D eigenvalue weighted by molar-refractivity contribution is -0.153. The van der Waals surface area contributed by atoms with Gasteiger partial charge in [-0.1, -0.05) is 6.07 Å². The fourth-order valence-electron chi connectivity index (χ4n) is 3.81. The van der Waals surface area contributed by atoms with Crippen molar-refractivity contribution in [3.05, 3.63) is 73.1 Å². The van der Waals surface area contributed by atoms with E-state index in [1.807, 2.05) is 36.4 Å². The van der Waals surface area contributed by atoms with Crippen LogP contribution in [0.3, 0.4) is 0 Å². The highest BCUT2D eigenvalue weighted by Crippen LogP contribution is 2.30. The highest BCUT2D eigenvalue weighted by molar-refractivity contribution is 6.21. The molecular formula is C25H21N5O6. The lowest BCUT2D eigenvalue weighted by Gasteiger charge is -2.34. The smallest absolute Gasteiger partial charge is 0.328 e. The van der Waals surface area contributed by atoms with Crippen molar-refractivity contribution >= 4 is 28.7 Å². The van der Waals surface area contributed by atoms with Crippen LogP contribution in [-0.2, 0) is 14.3 Å². The Balaban J connectivity index is 1.33. The molecule has 2 aromatic heterocycles. The molecule has 0 bridgehead atoms. The Bertz CT molecular complexity index is 1410. The lowest BCUT2D eigenvalue weighted by Crippen LogP contribution is -2.69. The van der Waals surface area contributed by atoms with Gasteiger partial charge in [-0.05, 0) is 54.6 Å². The number of nitrogens with one attached hydrogen (secondary N) is 2. The molecule has 0 radical (unpaired) electrons. The molecule has 2 N–H and O–H groups in total. The van der Waals surface area contributed by atoms with E-state index in [1.54, 1.807) is 41.3 Å². The fraction of sp³-hybridized carbons (Fsp3) is 0.160. The van der Waals surface area contributed by atoms with Crippen molar-refractivity contribution in [2.75, 3.05) is 13.7 Å². The quantitative estimate of drug-likeness (QED) is 0.363. The molecule has 4 aromatic rings. The second kappa shape index (κ2) is 9.47. The Morgan fingerprint density at radius 1 is 0.917 bits per heavy atom. The first-order chi connectivity index (χ1) is 17.5. The number of urea groups is 1. The molecular weight excluding hydrogens is 466 g/mol. The third kappa shape index (κ3) is 4.34. The van der Waals surface area contributed by atoms with Gasteiger partial charge in [0.2, 0.25) is 0 Å². The average molecular weight is 487 g/mol. The topological polar surface area (TPSA) is 134 Å². The number of aromatic nitrogens is 3. The minimum absolute atomic E-state index is 0.0651. The van der Waals surface area contributed by atoms with Crippen LogP contribution in [0.5, 0.6) is 17.2 Å². The predicted molar refractivity (Wildman–Crippen MR) is 127 cm³/mol. The maximum Gasteiger partial charge on any atom is 0.328 e. The van der Waals surface area contributed by atoms with Gasteiger partial charge in [0.25, 0.3) is 17.4 Å². The first kappa shape index (κ1) is 23.0. The van der Waals surface area contributed by atoms with Gasteiger partial charge in [0.05, 0.1) is 18.3 Å². The number of hydrogen-bond acceptors (Lipinski definition) is 8. The van der Waals surface area contributed by atoms with Gasteiger partial charge in [-0.2, -0.15) is 5.10 Å². The molecule has 0 aliphatic carbocycles. The van der Waals surface area contributed by atoms with E-state index in [9.17, 15) is 14.4 Å². The van der Waals surface area contributed by atoms with Crippen LogP contribution in [0.4, 0.5) is 4.79 Å². The summed E-state index contributed by atoms with van der Waals surface area (Å²) in [5.74, 6) is 0.353. The monoisotopic (exact) mass is 487 g/mol. The summed E-state index contributed by atoms with van der Waals surface area (Å²) in [6.07, 6.45) is 3.36. The summed E-state index contributed by atoms with van der Waals surface area (Å²) in [4.78, 5) is 40.9. The summed E-state index contributed by atoms with van der Waals surface area (Å²) in [5.41, 5.74) is -1.06. The number of rotatable bonds is 8. The van der Waals surface area contributed by atoms with Crippen molar-refractivity contribution in [2.45, 2.75) is 12.0 Å². The molecule has 1 saturated heterocycles. The number of ether oxygens (including phenoxy) is 3. The molecule has 11 heteroatoms. The molecule has 0 saturated carbocycles. The van der Waals surface area contributed by atoms with Gasteiger partial charge in [0, 0.05) is 25.1 Å². The van der Waals surface area contributed by atoms with Gasteiger partial charge in [0.15, 0.2) is 5.82 Å². The molecule has 2 aromatic carbocycles. The normalized spacial score (nSPS) is 14.9. The molecule has 3 heterocycles. The van der Waals surface area contributed by atoms with Crippen molar-refractivity contribution in [3.63, 3.8) is 0 Å². The Hall–Kier alpha value is -4.77. The third-order valence-electron chi connectivity index (χ3n) is 5.60. The fourth-order valence-corrected chi connectivity index (χ4v) is 3.81. The van der Waals surface area contributed by atoms with E-state index in [0.717, 1.165) is 10.9 Å². The van der Waals surface area contributed by atoms with E-state index in [1.165, 1.54) is 7.11 Å². The summed E-state index contributed by atoms with van der Waals surface area (Å²) >= 11 is 0. The van der Waals surface area contributed by atoms with Crippen LogP contribution < -0.4 is 20.1 Å². The van der Waals surface area contributed by atoms with Crippen LogP contribution in [-0.4, -0.2) is 51.9 Å². The Kier molecular flexibility index (Phi) is 6.05. The summed E-state index contributed by atoms with van der Waals surface area (Å²) in [5, 5.41) is 9.44. The second-order valence-electron chi connectivity index (χ2n) is 7.95. The minimum atomic E-state index is -1.94. The molecule has 182 valence electrons. The van der Waals surface area contributed by atoms with E-state index >= 15 is 0 Å². The van der Waals surface area contributed by atoms with Crippen LogP contribution in [0, 0.1) is 0 Å². The molecule has 1 aliphatic rings. The van der Waals surface area contributed by atoms with Gasteiger partial charge in [-0.25, -0.2) is 14.5 Å². The molecule has 1 aliphatic heterocycles. The van der Waals surface area contributed by atoms with Gasteiger partial charge in [-0.3, -0.25) is 20.2 Å². The van der Waals surface area contributed by atoms with E-state index < -0.39 is 23.4 Å². The summed E-state index contributed by atoms with van der Waals surface area (Å²) in [7, 11) is 1.44. The first-order valence-electron chi connectivity index (χ1n) is 11.0. The number of benzene rings is 2. The third-order valence-corrected chi connectivity index (χ3v) is 5.60. The zero-order valence-electron chi connectivity index (χ0n) is 19.1. The Labute approximate surface area is 205 Å². The van der Waals surface area contributed by atoms with Crippen molar-refractivity contribution < 1.29 is 28.6 Å². The number of imide groups is 2. The largest absolute Gasteiger partial charge is 0.467 e. The van der Waals surface area contributed by atoms with Crippen molar-refractivity contribution in [1.82, 2.24) is 25.4 Å². The standard InChI is InChI=1S/C25H21N5O6/c1-34-13-11-25(22(31)28-24(33)29-23(25)32)36-18-7-5-17(6-8-18)35-19-9-10-20-16(14-19)15-27-30(20)21-4-2-3-12-26-21/h2-10,12,14-15H,11,13H2,1H3,(H2,28,29,31,32,33). The number of barbiturate groups is 1. The molecule has 11 nitrogen and oxygen atoms in total. The van der Waals surface area contributed by atoms with Crippen LogP contribution in [0.25, 0.3) is 16.7 Å². The zero-order chi connectivity index (χ0) is 25.1. The van der Waals surface area contributed by atoms with E-state index in [2.05, 4.69) is 20.7 Å². The molecule has 0 atom stereocenters. The molecule has 5 rings (SSSR count). The molecule has 0 unspecified atom stereocenters. The van der Waals surface area contributed by atoms with Crippen LogP contribution >= 0.6 is 0 Å². The van der Waals surface area contributed by atoms with Crippen LogP contribution in [0.2, 0.25) is 0 Å². The Morgan fingerprint density at radius 2 is 1.64 bits per heavy atom. The number of carbonyl (C=O) groups is 3. The Morgan fingerprint density at radius 3 is 2.33 bits per heavy atom. The van der Waals surface area contributed by atoms with Crippen LogP contribution in [0.1, 0.15) is 6.42 Å². The number of amides is 4. The van der Waals surface area contributed by atoms with Crippen molar-refractivity contribution in [3.8, 4) is 23.1 Å². The predicted octanol–water partition coefficient (Wildman–Crippen LogP) is 2.73. The second-order valence-corrected chi connectivity index (χ2v) is 7.95. The number of pyridine rings is 1. The highest BCUT2D eigenvalue weighted by atomic mass is 16.5. The van der Waals surface area contributed by atoms with E-state index in [-0.39, 0.29) is 18.8 Å². The number of methoxy groups -OCH3 is 1. The van der Waals surface area contributed by atoms with Crippen LogP contribution in [0.15, 0.2) is 73.1 Å². The van der Waals surface area contributed by atoms with Gasteiger partial charge in [-0.15, -0.1) is 0 Å². The summed E-state index contributed by atoms with van der Waals surface area (Å²) < 4.78 is 18.5. The first-order valence-corrected chi connectivity index (χ1v) is 11.0. The van der Waals surface area contributed by atoms with Gasteiger partial charge < -0.3 is 14.2 Å². The maximum atomic E-state index is 12.5. The number of nitrogens with zero attached hydrogens (tertiary/aromatic N) is 3. The van der Waals surface area contributed by atoms with Crippen molar-refractivity contribution in [1.29, 1.82) is 0 Å². The van der Waals surface area contributed by atoms with Gasteiger partial charge in [0.1, 0.15) is 17.2 Å². The van der Waals surface area contributed by atoms with E-state index in [0.29, 0.717) is 17.3 Å². The van der Waals surface area contributed by atoms with Crippen molar-refractivity contribution in [2.24, 2.45) is 0 Å². The number of fused-ring (bicyclic) bond motifs is 1. The number of carbonyl (C=O) groups excluding carboxylic acids is 3. The SMILES string of the molecule is COCCC1(Oc2ccc(Oc3ccc4c(cnn4-c4ccccn4)c3)cc2)C(=O)NC(=O)NC1=O. The molecule has 1 fully saturated rings.